The Balaban J connectivity index is 1.76. The SMILES string of the molecule is CS(=O)(=O)Nc1ccc(-c2ccc(-c3nc4c(C(F)(F)F)cc(C(F)(F)F)cc4[nH]3)c(Cl)c2)cc1F. The number of hydrogen-bond acceptors (Lipinski definition) is 3. The molecule has 0 saturated heterocycles. The van der Waals surface area contributed by atoms with Gasteiger partial charge in [0.15, 0.2) is 0 Å². The molecule has 0 aliphatic heterocycles. The maximum atomic E-state index is 14.3. The predicted octanol–water partition coefficient (Wildman–Crippen LogP) is 7.10. The predicted molar refractivity (Wildman–Crippen MR) is 120 cm³/mol. The first-order chi connectivity index (χ1) is 16.5. The van der Waals surface area contributed by atoms with Crippen molar-refractivity contribution >= 4 is 38.3 Å². The molecule has 0 unspecified atom stereocenters. The molecular weight excluding hydrogens is 539 g/mol. The number of benzene rings is 3. The van der Waals surface area contributed by atoms with Crippen LogP contribution < -0.4 is 4.72 Å². The minimum Gasteiger partial charge on any atom is -0.338 e. The summed E-state index contributed by atoms with van der Waals surface area (Å²) in [5, 5.41) is -0.0325. The highest BCUT2D eigenvalue weighted by molar-refractivity contribution is 7.92. The largest absolute Gasteiger partial charge is 0.418 e. The zero-order valence-corrected chi connectivity index (χ0v) is 19.4. The van der Waals surface area contributed by atoms with Gasteiger partial charge in [0, 0.05) is 5.56 Å². The first-order valence-electron chi connectivity index (χ1n) is 9.79. The highest BCUT2D eigenvalue weighted by atomic mass is 35.5. The highest BCUT2D eigenvalue weighted by Crippen LogP contribution is 2.41. The van der Waals surface area contributed by atoms with Crippen LogP contribution in [0.25, 0.3) is 33.5 Å². The second-order valence-electron chi connectivity index (χ2n) is 7.76. The Bertz CT molecular complexity index is 1600. The average Bonchev–Trinajstić information content (AvgIpc) is 3.15. The number of anilines is 1. The number of rotatable bonds is 4. The van der Waals surface area contributed by atoms with Gasteiger partial charge in [0.25, 0.3) is 0 Å². The van der Waals surface area contributed by atoms with E-state index < -0.39 is 50.4 Å². The molecule has 0 radical (unpaired) electrons. The van der Waals surface area contributed by atoms with E-state index in [0.29, 0.717) is 17.2 Å². The molecule has 0 bridgehead atoms. The summed E-state index contributed by atoms with van der Waals surface area (Å²) in [6.07, 6.45) is -9.25. The maximum Gasteiger partial charge on any atom is 0.418 e. The molecule has 0 aliphatic rings. The van der Waals surface area contributed by atoms with E-state index in [2.05, 4.69) is 9.97 Å². The lowest BCUT2D eigenvalue weighted by molar-refractivity contribution is -0.142. The molecule has 190 valence electrons. The zero-order valence-electron chi connectivity index (χ0n) is 17.8. The van der Waals surface area contributed by atoms with Gasteiger partial charge in [-0.25, -0.2) is 17.8 Å². The third kappa shape index (κ3) is 5.26. The first-order valence-corrected chi connectivity index (χ1v) is 12.1. The minimum atomic E-state index is -5.10. The van der Waals surface area contributed by atoms with Gasteiger partial charge in [-0.15, -0.1) is 0 Å². The van der Waals surface area contributed by atoms with Crippen molar-refractivity contribution in [3.63, 3.8) is 0 Å². The van der Waals surface area contributed by atoms with Gasteiger partial charge < -0.3 is 4.98 Å². The van der Waals surface area contributed by atoms with E-state index in [-0.39, 0.29) is 28.2 Å². The summed E-state index contributed by atoms with van der Waals surface area (Å²) in [7, 11) is -3.71. The van der Waals surface area contributed by atoms with Crippen LogP contribution in [0.4, 0.5) is 36.4 Å². The molecule has 2 N–H and O–H groups in total. The molecule has 3 aromatic carbocycles. The number of imidazole rings is 1. The van der Waals surface area contributed by atoms with Gasteiger partial charge in [0.1, 0.15) is 17.2 Å². The number of hydrogen-bond donors (Lipinski definition) is 2. The number of aromatic amines is 1. The number of sulfonamides is 1. The second-order valence-corrected chi connectivity index (χ2v) is 9.92. The van der Waals surface area contributed by atoms with Crippen molar-refractivity contribution in [3.05, 3.63) is 70.5 Å². The van der Waals surface area contributed by atoms with Crippen molar-refractivity contribution in [1.82, 2.24) is 9.97 Å². The van der Waals surface area contributed by atoms with E-state index in [4.69, 9.17) is 11.6 Å². The van der Waals surface area contributed by atoms with Crippen LogP contribution in [0.3, 0.4) is 0 Å². The second kappa shape index (κ2) is 8.66. The fourth-order valence-corrected chi connectivity index (χ4v) is 4.32. The number of H-pyrrole nitrogens is 1. The molecule has 1 heterocycles. The standard InChI is InChI=1S/C22H13ClF7N3O2S/c1-36(34,35)33-17-5-3-11(7-16(17)24)10-2-4-13(15(23)6-10)20-31-18-9-12(21(25,26)27)8-14(19(18)32-20)22(28,29)30/h2-9,33H,1H3,(H,31,32). The van der Waals surface area contributed by atoms with Crippen LogP contribution in [0.1, 0.15) is 11.1 Å². The monoisotopic (exact) mass is 551 g/mol. The van der Waals surface area contributed by atoms with Crippen LogP contribution in [-0.4, -0.2) is 24.6 Å². The summed E-state index contributed by atoms with van der Waals surface area (Å²) in [6.45, 7) is 0. The Hall–Kier alpha value is -3.32. The van der Waals surface area contributed by atoms with Crippen molar-refractivity contribution in [1.29, 1.82) is 0 Å². The third-order valence-electron chi connectivity index (χ3n) is 5.04. The lowest BCUT2D eigenvalue weighted by atomic mass is 10.0. The van der Waals surface area contributed by atoms with Crippen molar-refractivity contribution in [3.8, 4) is 22.5 Å². The molecule has 14 heteroatoms. The van der Waals surface area contributed by atoms with Crippen LogP contribution in [0.15, 0.2) is 48.5 Å². The number of aromatic nitrogens is 2. The van der Waals surface area contributed by atoms with Gasteiger partial charge in [-0.3, -0.25) is 4.72 Å². The summed E-state index contributed by atoms with van der Waals surface area (Å²) in [4.78, 5) is 6.30. The van der Waals surface area contributed by atoms with Crippen molar-refractivity contribution in [2.75, 3.05) is 11.0 Å². The summed E-state index contributed by atoms with van der Waals surface area (Å²) in [6, 6.07) is 8.34. The molecule has 4 aromatic rings. The Labute approximate surface area is 204 Å². The molecular formula is C22H13ClF7N3O2S. The molecule has 5 nitrogen and oxygen atoms in total. The van der Waals surface area contributed by atoms with Crippen LogP contribution >= 0.6 is 11.6 Å². The van der Waals surface area contributed by atoms with Crippen LogP contribution in [0, 0.1) is 5.82 Å². The Kier molecular flexibility index (Phi) is 6.20. The zero-order chi connectivity index (χ0) is 26.6. The van der Waals surface area contributed by atoms with Gasteiger partial charge in [-0.2, -0.15) is 26.3 Å². The number of nitrogens with zero attached hydrogens (tertiary/aromatic N) is 1. The smallest absolute Gasteiger partial charge is 0.338 e. The Morgan fingerprint density at radius 3 is 2.11 bits per heavy atom. The molecule has 0 amide bonds. The van der Waals surface area contributed by atoms with Crippen molar-refractivity contribution in [2.24, 2.45) is 0 Å². The number of alkyl halides is 6. The molecule has 0 spiro atoms. The topological polar surface area (TPSA) is 74.8 Å². The van der Waals surface area contributed by atoms with Gasteiger partial charge in [-0.05, 0) is 47.5 Å². The van der Waals surface area contributed by atoms with Crippen molar-refractivity contribution < 1.29 is 39.2 Å². The number of halogens is 8. The average molecular weight is 552 g/mol. The molecule has 36 heavy (non-hydrogen) atoms. The van der Waals surface area contributed by atoms with E-state index in [1.54, 1.807) is 0 Å². The molecule has 0 aliphatic carbocycles. The minimum absolute atomic E-state index is 0.00545. The Morgan fingerprint density at radius 1 is 0.917 bits per heavy atom. The fourth-order valence-electron chi connectivity index (χ4n) is 3.49. The summed E-state index contributed by atoms with van der Waals surface area (Å²) < 4.78 is 119. The van der Waals surface area contributed by atoms with E-state index in [0.717, 1.165) is 12.3 Å². The van der Waals surface area contributed by atoms with E-state index in [1.807, 2.05) is 4.72 Å². The van der Waals surface area contributed by atoms with Crippen LogP contribution in [0.5, 0.6) is 0 Å². The maximum absolute atomic E-state index is 14.3. The lowest BCUT2D eigenvalue weighted by Crippen LogP contribution is -2.11. The fraction of sp³-hybridized carbons (Fsp3) is 0.136. The highest BCUT2D eigenvalue weighted by Gasteiger charge is 2.39. The van der Waals surface area contributed by atoms with E-state index in [9.17, 15) is 39.2 Å². The van der Waals surface area contributed by atoms with Gasteiger partial charge in [0.05, 0.1) is 33.6 Å². The van der Waals surface area contributed by atoms with Gasteiger partial charge in [0.2, 0.25) is 10.0 Å². The normalized spacial score (nSPS) is 12.8. The van der Waals surface area contributed by atoms with Gasteiger partial charge >= 0.3 is 12.4 Å². The Morgan fingerprint density at radius 2 is 1.56 bits per heavy atom. The number of nitrogens with one attached hydrogen (secondary N) is 2. The molecule has 0 atom stereocenters. The first kappa shape index (κ1) is 25.8. The quantitative estimate of drug-likeness (QED) is 0.266. The molecule has 1 aromatic heterocycles. The third-order valence-corrected chi connectivity index (χ3v) is 5.94. The van der Waals surface area contributed by atoms with E-state index in [1.165, 1.54) is 30.3 Å². The molecule has 0 saturated carbocycles. The van der Waals surface area contributed by atoms with Crippen LogP contribution in [-0.2, 0) is 22.4 Å². The van der Waals surface area contributed by atoms with Gasteiger partial charge in [-0.1, -0.05) is 23.7 Å². The number of fused-ring (bicyclic) bond motifs is 1. The summed E-state index contributed by atoms with van der Waals surface area (Å²) in [5.74, 6) is -1.07. The molecule has 4 rings (SSSR count). The summed E-state index contributed by atoms with van der Waals surface area (Å²) >= 11 is 6.29. The van der Waals surface area contributed by atoms with Crippen molar-refractivity contribution in [2.45, 2.75) is 12.4 Å². The lowest BCUT2D eigenvalue weighted by Gasteiger charge is -2.11. The molecule has 0 fully saturated rings. The summed E-state index contributed by atoms with van der Waals surface area (Å²) in [5.41, 5.74) is -3.74. The van der Waals surface area contributed by atoms with E-state index >= 15 is 0 Å². The van der Waals surface area contributed by atoms with Crippen LogP contribution in [0.2, 0.25) is 5.02 Å².